The van der Waals surface area contributed by atoms with Crippen molar-refractivity contribution in [3.8, 4) is 0 Å². The third-order valence-electron chi connectivity index (χ3n) is 3.01. The van der Waals surface area contributed by atoms with E-state index in [4.69, 9.17) is 5.11 Å². The molecule has 0 spiro atoms. The second-order valence-corrected chi connectivity index (χ2v) is 4.61. The van der Waals surface area contributed by atoms with Crippen LogP contribution in [0.4, 0.5) is 0 Å². The fourth-order valence-electron chi connectivity index (χ4n) is 1.95. The maximum atomic E-state index is 8.61. The molecule has 16 heavy (non-hydrogen) atoms. The normalized spacial score (nSPS) is 10.1. The Balaban J connectivity index is 0. The van der Waals surface area contributed by atoms with Gasteiger partial charge in [0.05, 0.1) is 0 Å². The molecule has 1 nitrogen and oxygen atoms in total. The third kappa shape index (κ3) is 18.0. The van der Waals surface area contributed by atoms with E-state index in [0.29, 0.717) is 6.61 Å². The molecule has 0 amide bonds. The molecule has 2 heteroatoms. The van der Waals surface area contributed by atoms with Gasteiger partial charge in [0.1, 0.15) is 0 Å². The molecule has 0 unspecified atom stereocenters. The van der Waals surface area contributed by atoms with Crippen LogP contribution in [-0.2, 0) is 0 Å². The van der Waals surface area contributed by atoms with Crippen molar-refractivity contribution in [2.45, 2.75) is 84.0 Å². The Morgan fingerprint density at radius 3 is 1.19 bits per heavy atom. The first-order valence-corrected chi connectivity index (χ1v) is 7.02. The molecule has 0 heterocycles. The SMILES string of the molecule is CCCCCCCCCCCCCCO.[KH]. The van der Waals surface area contributed by atoms with E-state index in [9.17, 15) is 0 Å². The second-order valence-electron chi connectivity index (χ2n) is 4.61. The molecule has 0 saturated heterocycles. The molecule has 0 bridgehead atoms. The molecule has 0 rings (SSSR count). The minimum atomic E-state index is 0. The summed E-state index contributed by atoms with van der Waals surface area (Å²) in [4.78, 5) is 0. The summed E-state index contributed by atoms with van der Waals surface area (Å²) in [6.45, 7) is 2.64. The number of hydrogen-bond donors (Lipinski definition) is 1. The first kappa shape index (κ1) is 19.9. The van der Waals surface area contributed by atoms with Crippen molar-refractivity contribution < 1.29 is 5.11 Å². The van der Waals surface area contributed by atoms with Gasteiger partial charge in [0, 0.05) is 6.61 Å². The Morgan fingerprint density at radius 2 is 0.875 bits per heavy atom. The van der Waals surface area contributed by atoms with Crippen molar-refractivity contribution in [2.24, 2.45) is 0 Å². The Kier molecular flexibility index (Phi) is 23.6. The average molecular weight is 254 g/mol. The maximum absolute atomic E-state index is 8.61. The molecule has 0 radical (unpaired) electrons. The number of aliphatic hydroxyl groups excluding tert-OH is 1. The van der Waals surface area contributed by atoms with E-state index in [1.807, 2.05) is 0 Å². The summed E-state index contributed by atoms with van der Waals surface area (Å²) in [6, 6.07) is 0. The number of unbranched alkanes of at least 4 members (excludes halogenated alkanes) is 11. The molecule has 0 fully saturated rings. The van der Waals surface area contributed by atoms with E-state index >= 15 is 0 Å². The Hall–Kier alpha value is 1.60. The quantitative estimate of drug-likeness (QED) is 0.412. The Labute approximate surface area is 145 Å². The number of rotatable bonds is 12. The standard InChI is InChI=1S/C14H30O.K.H/c1-2-3-4-5-6-7-8-9-10-11-12-13-14-15;;/h15H,2-14H2,1H3;;. The molecule has 1 N–H and O–H groups in total. The number of aliphatic hydroxyl groups is 1. The van der Waals surface area contributed by atoms with Gasteiger partial charge in [-0.2, -0.15) is 0 Å². The van der Waals surface area contributed by atoms with E-state index in [1.165, 1.54) is 70.6 Å². The molecule has 0 aliphatic rings. The summed E-state index contributed by atoms with van der Waals surface area (Å²) < 4.78 is 0. The summed E-state index contributed by atoms with van der Waals surface area (Å²) in [6.07, 6.45) is 16.2. The number of hydrogen-bond acceptors (Lipinski definition) is 1. The summed E-state index contributed by atoms with van der Waals surface area (Å²) in [7, 11) is 0. The van der Waals surface area contributed by atoms with Crippen LogP contribution < -0.4 is 0 Å². The molecule has 0 saturated carbocycles. The topological polar surface area (TPSA) is 20.2 Å². The molecule has 94 valence electrons. The minimum absolute atomic E-state index is 0. The van der Waals surface area contributed by atoms with Gasteiger partial charge in [-0.1, -0.05) is 77.6 Å². The van der Waals surface area contributed by atoms with E-state index < -0.39 is 0 Å². The molecule has 0 aromatic carbocycles. The molecule has 0 aliphatic carbocycles. The van der Waals surface area contributed by atoms with Crippen molar-refractivity contribution in [1.29, 1.82) is 0 Å². The second kappa shape index (κ2) is 18.9. The van der Waals surface area contributed by atoms with Crippen molar-refractivity contribution in [2.75, 3.05) is 6.61 Å². The third-order valence-corrected chi connectivity index (χ3v) is 3.01. The van der Waals surface area contributed by atoms with Crippen LogP contribution in [-0.4, -0.2) is 63.1 Å². The molecule has 0 aliphatic heterocycles. The van der Waals surface area contributed by atoms with Crippen LogP contribution in [0.3, 0.4) is 0 Å². The Bertz CT molecular complexity index is 94.9. The average Bonchev–Trinajstić information content (AvgIpc) is 2.26. The van der Waals surface area contributed by atoms with Crippen molar-refractivity contribution in [1.82, 2.24) is 0 Å². The predicted octanol–water partition coefficient (Wildman–Crippen LogP) is 4.03. The van der Waals surface area contributed by atoms with E-state index in [1.54, 1.807) is 0 Å². The molecular formula is C14H31KO. The summed E-state index contributed by atoms with van der Waals surface area (Å²) >= 11 is 0. The zero-order valence-corrected chi connectivity index (χ0v) is 10.6. The van der Waals surface area contributed by atoms with Crippen LogP contribution in [0, 0.1) is 0 Å². The van der Waals surface area contributed by atoms with Gasteiger partial charge in [-0.15, -0.1) is 0 Å². The fourth-order valence-corrected chi connectivity index (χ4v) is 1.95. The van der Waals surface area contributed by atoms with Gasteiger partial charge in [0.2, 0.25) is 0 Å². The van der Waals surface area contributed by atoms with E-state index in [0.717, 1.165) is 6.42 Å². The van der Waals surface area contributed by atoms with Crippen LogP contribution in [0.1, 0.15) is 84.0 Å². The van der Waals surface area contributed by atoms with Crippen LogP contribution in [0.25, 0.3) is 0 Å². The van der Waals surface area contributed by atoms with Gasteiger partial charge in [0.15, 0.2) is 0 Å². The first-order valence-electron chi connectivity index (χ1n) is 7.02. The van der Waals surface area contributed by atoms with Crippen LogP contribution >= 0.6 is 0 Å². The van der Waals surface area contributed by atoms with Crippen molar-refractivity contribution >= 4 is 51.4 Å². The first-order chi connectivity index (χ1) is 7.41. The zero-order valence-electron chi connectivity index (χ0n) is 10.6. The van der Waals surface area contributed by atoms with Crippen molar-refractivity contribution in [3.05, 3.63) is 0 Å². The van der Waals surface area contributed by atoms with Gasteiger partial charge in [-0.25, -0.2) is 0 Å². The molecule has 0 aromatic rings. The fraction of sp³-hybridized carbons (Fsp3) is 1.00. The van der Waals surface area contributed by atoms with E-state index in [2.05, 4.69) is 6.92 Å². The van der Waals surface area contributed by atoms with Gasteiger partial charge >= 0.3 is 51.4 Å². The zero-order chi connectivity index (χ0) is 11.2. The summed E-state index contributed by atoms with van der Waals surface area (Å²) in [5.74, 6) is 0. The van der Waals surface area contributed by atoms with Gasteiger partial charge in [-0.3, -0.25) is 0 Å². The van der Waals surface area contributed by atoms with Crippen LogP contribution in [0.5, 0.6) is 0 Å². The van der Waals surface area contributed by atoms with Gasteiger partial charge < -0.3 is 5.11 Å². The molecule has 0 aromatic heterocycles. The predicted molar refractivity (Wildman–Crippen MR) is 75.3 cm³/mol. The monoisotopic (exact) mass is 254 g/mol. The summed E-state index contributed by atoms with van der Waals surface area (Å²) in [5, 5.41) is 8.61. The molecule has 0 atom stereocenters. The van der Waals surface area contributed by atoms with Crippen LogP contribution in [0.15, 0.2) is 0 Å². The molecular weight excluding hydrogens is 223 g/mol. The van der Waals surface area contributed by atoms with Crippen molar-refractivity contribution in [3.63, 3.8) is 0 Å². The Morgan fingerprint density at radius 1 is 0.562 bits per heavy atom. The van der Waals surface area contributed by atoms with Gasteiger partial charge in [0.25, 0.3) is 0 Å². The summed E-state index contributed by atoms with van der Waals surface area (Å²) in [5.41, 5.74) is 0. The van der Waals surface area contributed by atoms with E-state index in [-0.39, 0.29) is 51.4 Å². The van der Waals surface area contributed by atoms with Gasteiger partial charge in [-0.05, 0) is 6.42 Å². The van der Waals surface area contributed by atoms with Crippen LogP contribution in [0.2, 0.25) is 0 Å².